The molecule has 2 atom stereocenters. The molecule has 0 spiro atoms. The number of nitrogens with one attached hydrogen (secondary N) is 1. The first-order valence-corrected chi connectivity index (χ1v) is 3.26. The molecular formula is C5H7NO3S. The van der Waals surface area contributed by atoms with E-state index in [2.05, 4.69) is 22.7 Å². The molecule has 1 aliphatic heterocycles. The quantitative estimate of drug-likeness (QED) is 0.530. The summed E-state index contributed by atoms with van der Waals surface area (Å²) >= 11 is 3.56. The first-order chi connectivity index (χ1) is 4.61. The van der Waals surface area contributed by atoms with Crippen LogP contribution in [-0.4, -0.2) is 23.4 Å². The molecule has 1 saturated heterocycles. The lowest BCUT2D eigenvalue weighted by atomic mass is 10.2. The molecule has 0 aromatic heterocycles. The zero-order valence-corrected chi connectivity index (χ0v) is 6.22. The van der Waals surface area contributed by atoms with Gasteiger partial charge >= 0.3 is 6.09 Å². The molecular weight excluding hydrogens is 154 g/mol. The van der Waals surface area contributed by atoms with Crippen molar-refractivity contribution in [1.29, 1.82) is 0 Å². The van der Waals surface area contributed by atoms with Gasteiger partial charge in [0, 0.05) is 0 Å². The number of cyclic esters (lactones) is 1. The van der Waals surface area contributed by atoms with Gasteiger partial charge in [-0.3, -0.25) is 4.79 Å². The zero-order chi connectivity index (χ0) is 7.72. The Morgan fingerprint density at radius 2 is 2.40 bits per heavy atom. The van der Waals surface area contributed by atoms with Crippen LogP contribution in [0, 0.1) is 0 Å². The predicted molar refractivity (Wildman–Crippen MR) is 36.9 cm³/mol. The van der Waals surface area contributed by atoms with Crippen molar-refractivity contribution in [2.45, 2.75) is 19.1 Å². The van der Waals surface area contributed by atoms with Gasteiger partial charge < -0.3 is 10.1 Å². The Bertz CT molecular complexity index is 182. The van der Waals surface area contributed by atoms with Crippen LogP contribution in [0.5, 0.6) is 0 Å². The maximum atomic E-state index is 10.6. The first-order valence-electron chi connectivity index (χ1n) is 2.81. The van der Waals surface area contributed by atoms with Gasteiger partial charge in [0.25, 0.3) is 0 Å². The molecule has 0 aromatic rings. The van der Waals surface area contributed by atoms with E-state index in [1.807, 2.05) is 0 Å². The number of hydrogen-bond acceptors (Lipinski definition) is 3. The molecule has 5 heteroatoms. The second kappa shape index (κ2) is 2.49. The van der Waals surface area contributed by atoms with Crippen LogP contribution in [0.4, 0.5) is 4.79 Å². The Hall–Kier alpha value is -0.710. The highest BCUT2D eigenvalue weighted by Gasteiger charge is 2.34. The molecule has 0 unspecified atom stereocenters. The predicted octanol–water partition coefficient (Wildman–Crippen LogP) is -0.0603. The van der Waals surface area contributed by atoms with Crippen LogP contribution < -0.4 is 5.32 Å². The average Bonchev–Trinajstić information content (AvgIpc) is 2.10. The van der Waals surface area contributed by atoms with E-state index in [0.29, 0.717) is 0 Å². The van der Waals surface area contributed by atoms with Gasteiger partial charge in [-0.15, -0.1) is 12.6 Å². The van der Waals surface area contributed by atoms with Gasteiger partial charge in [-0.05, 0) is 6.92 Å². The molecule has 1 aliphatic rings. The zero-order valence-electron chi connectivity index (χ0n) is 5.33. The first kappa shape index (κ1) is 7.40. The van der Waals surface area contributed by atoms with E-state index >= 15 is 0 Å². The molecule has 1 heterocycles. The fourth-order valence-corrected chi connectivity index (χ4v) is 1.05. The molecule has 56 valence electrons. The second-order valence-electron chi connectivity index (χ2n) is 2.07. The molecule has 1 rings (SSSR count). The van der Waals surface area contributed by atoms with E-state index in [0.717, 1.165) is 0 Å². The molecule has 0 bridgehead atoms. The van der Waals surface area contributed by atoms with Crippen molar-refractivity contribution in [3.8, 4) is 0 Å². The fraction of sp³-hybridized carbons (Fsp3) is 0.600. The standard InChI is InChI=1S/C5H7NO3S/c1-2-3(4(7)10)6-5(8)9-2/h2-3H,1H3,(H,6,8)(H,7,10)/t2-,3-/m1/s1. The molecule has 0 aliphatic carbocycles. The third-order valence-electron chi connectivity index (χ3n) is 1.30. The van der Waals surface area contributed by atoms with Crippen LogP contribution in [0.2, 0.25) is 0 Å². The largest absolute Gasteiger partial charge is 0.444 e. The maximum absolute atomic E-state index is 10.6. The van der Waals surface area contributed by atoms with E-state index in [1.54, 1.807) is 6.92 Å². The molecule has 1 N–H and O–H groups in total. The van der Waals surface area contributed by atoms with E-state index in [-0.39, 0.29) is 5.12 Å². The van der Waals surface area contributed by atoms with Gasteiger partial charge in [-0.25, -0.2) is 4.79 Å². The summed E-state index contributed by atoms with van der Waals surface area (Å²) in [5.41, 5.74) is 0. The van der Waals surface area contributed by atoms with Crippen molar-refractivity contribution < 1.29 is 14.3 Å². The van der Waals surface area contributed by atoms with Crippen LogP contribution in [0.25, 0.3) is 0 Å². The lowest BCUT2D eigenvalue weighted by Crippen LogP contribution is -2.35. The van der Waals surface area contributed by atoms with Crippen LogP contribution in [0.1, 0.15) is 6.92 Å². The number of rotatable bonds is 1. The van der Waals surface area contributed by atoms with E-state index in [4.69, 9.17) is 0 Å². The Labute approximate surface area is 63.3 Å². The van der Waals surface area contributed by atoms with Gasteiger partial charge in [0.05, 0.1) is 0 Å². The molecule has 1 amide bonds. The van der Waals surface area contributed by atoms with Gasteiger partial charge in [0.1, 0.15) is 12.1 Å². The van der Waals surface area contributed by atoms with Gasteiger partial charge in [-0.2, -0.15) is 0 Å². The van der Waals surface area contributed by atoms with Crippen molar-refractivity contribution >= 4 is 23.8 Å². The molecule has 10 heavy (non-hydrogen) atoms. The monoisotopic (exact) mass is 161 g/mol. The lowest BCUT2D eigenvalue weighted by molar-refractivity contribution is -0.113. The SMILES string of the molecule is C[C@H]1OC(=O)N[C@H]1C(=O)S. The van der Waals surface area contributed by atoms with Gasteiger partial charge in [0.2, 0.25) is 5.12 Å². The van der Waals surface area contributed by atoms with Crippen LogP contribution in [0.15, 0.2) is 0 Å². The van der Waals surface area contributed by atoms with Crippen molar-refractivity contribution in [3.63, 3.8) is 0 Å². The lowest BCUT2D eigenvalue weighted by Gasteiger charge is -2.05. The summed E-state index contributed by atoms with van der Waals surface area (Å²) in [7, 11) is 0. The Kier molecular flexibility index (Phi) is 1.85. The van der Waals surface area contributed by atoms with E-state index in [9.17, 15) is 9.59 Å². The fourth-order valence-electron chi connectivity index (χ4n) is 0.778. The molecule has 0 radical (unpaired) electrons. The third-order valence-corrected chi connectivity index (χ3v) is 1.58. The Morgan fingerprint density at radius 3 is 2.60 bits per heavy atom. The number of amides is 1. The summed E-state index contributed by atoms with van der Waals surface area (Å²) in [6.45, 7) is 1.64. The van der Waals surface area contributed by atoms with Crippen LogP contribution in [-0.2, 0) is 9.53 Å². The third kappa shape index (κ3) is 1.23. The normalized spacial score (nSPS) is 31.2. The Balaban J connectivity index is 2.63. The molecule has 0 aromatic carbocycles. The summed E-state index contributed by atoms with van der Waals surface area (Å²) in [4.78, 5) is 21.0. The summed E-state index contributed by atoms with van der Waals surface area (Å²) in [6.07, 6.45) is -0.961. The van der Waals surface area contributed by atoms with Crippen molar-refractivity contribution in [1.82, 2.24) is 5.32 Å². The smallest absolute Gasteiger partial charge is 0.408 e. The van der Waals surface area contributed by atoms with E-state index in [1.165, 1.54) is 0 Å². The number of carbonyl (C=O) groups excluding carboxylic acids is 2. The average molecular weight is 161 g/mol. The maximum Gasteiger partial charge on any atom is 0.408 e. The van der Waals surface area contributed by atoms with Crippen molar-refractivity contribution in [2.75, 3.05) is 0 Å². The highest BCUT2D eigenvalue weighted by Crippen LogP contribution is 2.09. The second-order valence-corrected chi connectivity index (χ2v) is 2.51. The Morgan fingerprint density at radius 1 is 1.80 bits per heavy atom. The summed E-state index contributed by atoms with van der Waals surface area (Å²) in [6, 6.07) is -0.587. The number of alkyl carbamates (subject to hydrolysis) is 1. The van der Waals surface area contributed by atoms with Gasteiger partial charge in [-0.1, -0.05) is 0 Å². The number of ether oxygens (including phenoxy) is 1. The highest BCUT2D eigenvalue weighted by atomic mass is 32.1. The minimum atomic E-state index is -0.587. The molecule has 1 fully saturated rings. The molecule has 4 nitrogen and oxygen atoms in total. The minimum absolute atomic E-state index is 0.377. The minimum Gasteiger partial charge on any atom is -0.444 e. The summed E-state index contributed by atoms with van der Waals surface area (Å²) in [5, 5.41) is 1.94. The topological polar surface area (TPSA) is 55.4 Å². The van der Waals surface area contributed by atoms with Crippen LogP contribution >= 0.6 is 12.6 Å². The number of carbonyl (C=O) groups is 2. The summed E-state index contributed by atoms with van der Waals surface area (Å²) < 4.78 is 4.62. The number of hydrogen-bond donors (Lipinski definition) is 2. The van der Waals surface area contributed by atoms with Crippen molar-refractivity contribution in [2.24, 2.45) is 0 Å². The van der Waals surface area contributed by atoms with Gasteiger partial charge in [0.15, 0.2) is 0 Å². The van der Waals surface area contributed by atoms with Crippen molar-refractivity contribution in [3.05, 3.63) is 0 Å². The number of thiol groups is 1. The van der Waals surface area contributed by atoms with Crippen LogP contribution in [0.3, 0.4) is 0 Å². The highest BCUT2D eigenvalue weighted by molar-refractivity contribution is 7.96. The molecule has 0 saturated carbocycles. The van der Waals surface area contributed by atoms with E-state index < -0.39 is 18.2 Å². The summed E-state index contributed by atoms with van der Waals surface area (Å²) in [5.74, 6) is 0.